The molecule has 1 aliphatic heterocycles. The van der Waals surface area contributed by atoms with Crippen molar-refractivity contribution in [3.63, 3.8) is 0 Å². The normalized spacial score (nSPS) is 20.1. The first-order valence-electron chi connectivity index (χ1n) is 7.46. The Morgan fingerprint density at radius 3 is 2.95 bits per heavy atom. The van der Waals surface area contributed by atoms with Gasteiger partial charge in [-0.2, -0.15) is 0 Å². The van der Waals surface area contributed by atoms with Crippen molar-refractivity contribution in [2.45, 2.75) is 18.8 Å². The van der Waals surface area contributed by atoms with Crippen LogP contribution in [0.1, 0.15) is 30.0 Å². The number of benzene rings is 1. The Morgan fingerprint density at radius 1 is 1.33 bits per heavy atom. The van der Waals surface area contributed by atoms with E-state index in [0.717, 1.165) is 13.1 Å². The van der Waals surface area contributed by atoms with Gasteiger partial charge < -0.3 is 5.73 Å². The number of likely N-dealkylation sites (tertiary alicyclic amines) is 1. The summed E-state index contributed by atoms with van der Waals surface area (Å²) in [5.74, 6) is 0.539. The van der Waals surface area contributed by atoms with Crippen molar-refractivity contribution in [2.24, 2.45) is 0 Å². The molecule has 3 rings (SSSR count). The van der Waals surface area contributed by atoms with Crippen LogP contribution in [0.25, 0.3) is 6.08 Å². The minimum atomic E-state index is 0.539. The molecule has 0 aliphatic carbocycles. The van der Waals surface area contributed by atoms with Crippen molar-refractivity contribution in [2.75, 3.05) is 25.4 Å². The van der Waals surface area contributed by atoms with Crippen molar-refractivity contribution in [1.82, 2.24) is 9.88 Å². The van der Waals surface area contributed by atoms with Gasteiger partial charge in [-0.25, -0.2) is 4.98 Å². The lowest BCUT2D eigenvalue weighted by Gasteiger charge is -2.31. The Morgan fingerprint density at radius 2 is 2.19 bits per heavy atom. The summed E-state index contributed by atoms with van der Waals surface area (Å²) >= 11 is 1.55. The number of nitrogens with two attached hydrogens (primary N) is 1. The van der Waals surface area contributed by atoms with Gasteiger partial charge in [-0.05, 0) is 24.9 Å². The van der Waals surface area contributed by atoms with Crippen LogP contribution in [0.3, 0.4) is 0 Å². The second-order valence-corrected chi connectivity index (χ2v) is 6.41. The summed E-state index contributed by atoms with van der Waals surface area (Å²) in [6, 6.07) is 10.5. The molecule has 1 fully saturated rings. The van der Waals surface area contributed by atoms with E-state index in [-0.39, 0.29) is 0 Å². The molecule has 4 heteroatoms. The maximum absolute atomic E-state index is 5.75. The number of aromatic nitrogens is 1. The van der Waals surface area contributed by atoms with E-state index >= 15 is 0 Å². The van der Waals surface area contributed by atoms with E-state index in [1.165, 1.54) is 30.6 Å². The van der Waals surface area contributed by atoms with E-state index in [4.69, 9.17) is 5.73 Å². The van der Waals surface area contributed by atoms with Crippen LogP contribution in [0.15, 0.2) is 41.8 Å². The summed E-state index contributed by atoms with van der Waals surface area (Å²) in [6.07, 6.45) is 6.92. The zero-order chi connectivity index (χ0) is 14.5. The molecule has 110 valence electrons. The standard InChI is InChI=1S/C17H21N3S/c18-17-19-16(13-21-17)15-9-5-11-20(12-15)10-4-8-14-6-2-1-3-7-14/h1-4,6-8,13,15H,5,9-12H2,(H2,18,19)/b8-4+. The second kappa shape index (κ2) is 6.87. The lowest BCUT2D eigenvalue weighted by Crippen LogP contribution is -2.34. The highest BCUT2D eigenvalue weighted by atomic mass is 32.1. The Bertz CT molecular complexity index is 591. The maximum atomic E-state index is 5.75. The number of hydrogen-bond donors (Lipinski definition) is 1. The molecule has 1 atom stereocenters. The van der Waals surface area contributed by atoms with Crippen LogP contribution in [0.5, 0.6) is 0 Å². The Labute approximate surface area is 130 Å². The summed E-state index contributed by atoms with van der Waals surface area (Å²) in [6.45, 7) is 3.27. The third-order valence-electron chi connectivity index (χ3n) is 3.94. The fourth-order valence-electron chi connectivity index (χ4n) is 2.85. The number of piperidine rings is 1. The first-order chi connectivity index (χ1) is 10.3. The highest BCUT2D eigenvalue weighted by Gasteiger charge is 2.22. The smallest absolute Gasteiger partial charge is 0.180 e. The number of nitrogen functional groups attached to an aromatic ring is 1. The van der Waals surface area contributed by atoms with Crippen LogP contribution >= 0.6 is 11.3 Å². The molecule has 1 unspecified atom stereocenters. The van der Waals surface area contributed by atoms with Crippen LogP contribution in [-0.4, -0.2) is 29.5 Å². The van der Waals surface area contributed by atoms with Crippen LogP contribution < -0.4 is 5.73 Å². The van der Waals surface area contributed by atoms with Crippen LogP contribution in [0, 0.1) is 0 Å². The number of rotatable bonds is 4. The van der Waals surface area contributed by atoms with E-state index in [2.05, 4.69) is 51.7 Å². The number of anilines is 1. The molecule has 21 heavy (non-hydrogen) atoms. The molecule has 1 aromatic heterocycles. The molecule has 1 aliphatic rings. The molecule has 0 bridgehead atoms. The zero-order valence-electron chi connectivity index (χ0n) is 12.1. The van der Waals surface area contributed by atoms with Gasteiger partial charge in [0.2, 0.25) is 0 Å². The van der Waals surface area contributed by atoms with Crippen LogP contribution in [-0.2, 0) is 0 Å². The molecule has 1 aromatic carbocycles. The lowest BCUT2D eigenvalue weighted by molar-refractivity contribution is 0.226. The van der Waals surface area contributed by atoms with Gasteiger partial charge in [-0.1, -0.05) is 42.5 Å². The molecular formula is C17H21N3S. The first-order valence-corrected chi connectivity index (χ1v) is 8.34. The van der Waals surface area contributed by atoms with Gasteiger partial charge in [0.1, 0.15) is 0 Å². The van der Waals surface area contributed by atoms with Gasteiger partial charge >= 0.3 is 0 Å². The SMILES string of the molecule is Nc1nc(C2CCCN(C/C=C/c3ccccc3)C2)cs1. The van der Waals surface area contributed by atoms with E-state index in [9.17, 15) is 0 Å². The number of nitrogens with zero attached hydrogens (tertiary/aromatic N) is 2. The molecule has 0 radical (unpaired) electrons. The zero-order valence-corrected chi connectivity index (χ0v) is 12.9. The fourth-order valence-corrected chi connectivity index (χ4v) is 3.50. The topological polar surface area (TPSA) is 42.1 Å². The van der Waals surface area contributed by atoms with E-state index in [0.29, 0.717) is 11.0 Å². The third-order valence-corrected chi connectivity index (χ3v) is 4.63. The minimum absolute atomic E-state index is 0.539. The van der Waals surface area contributed by atoms with Gasteiger partial charge in [0.05, 0.1) is 5.69 Å². The van der Waals surface area contributed by atoms with Gasteiger partial charge in [-0.3, -0.25) is 4.90 Å². The molecule has 1 saturated heterocycles. The Balaban J connectivity index is 1.55. The summed E-state index contributed by atoms with van der Waals surface area (Å²) in [7, 11) is 0. The Kier molecular flexibility index (Phi) is 4.68. The molecule has 0 amide bonds. The molecule has 2 heterocycles. The maximum Gasteiger partial charge on any atom is 0.180 e. The van der Waals surface area contributed by atoms with Gasteiger partial charge in [0, 0.05) is 24.4 Å². The minimum Gasteiger partial charge on any atom is -0.375 e. The van der Waals surface area contributed by atoms with Crippen molar-refractivity contribution in [3.8, 4) is 0 Å². The molecule has 2 aromatic rings. The molecule has 0 spiro atoms. The highest BCUT2D eigenvalue weighted by molar-refractivity contribution is 7.13. The molecular weight excluding hydrogens is 278 g/mol. The van der Waals surface area contributed by atoms with Crippen molar-refractivity contribution in [3.05, 3.63) is 53.0 Å². The predicted octanol–water partition coefficient (Wildman–Crippen LogP) is 3.62. The number of thiazole rings is 1. The van der Waals surface area contributed by atoms with E-state index in [1.807, 2.05) is 6.07 Å². The van der Waals surface area contributed by atoms with Crippen LogP contribution in [0.2, 0.25) is 0 Å². The summed E-state index contributed by atoms with van der Waals surface area (Å²) in [4.78, 5) is 6.95. The average Bonchev–Trinajstić information content (AvgIpc) is 2.95. The lowest BCUT2D eigenvalue weighted by atomic mass is 9.95. The van der Waals surface area contributed by atoms with Crippen molar-refractivity contribution >= 4 is 22.5 Å². The first kappa shape index (κ1) is 14.3. The van der Waals surface area contributed by atoms with Gasteiger partial charge in [0.15, 0.2) is 5.13 Å². The quantitative estimate of drug-likeness (QED) is 0.937. The van der Waals surface area contributed by atoms with Crippen LogP contribution in [0.4, 0.5) is 5.13 Å². The highest BCUT2D eigenvalue weighted by Crippen LogP contribution is 2.28. The fraction of sp³-hybridized carbons (Fsp3) is 0.353. The molecule has 2 N–H and O–H groups in total. The predicted molar refractivity (Wildman–Crippen MR) is 90.4 cm³/mol. The van der Waals surface area contributed by atoms with Crippen molar-refractivity contribution in [1.29, 1.82) is 0 Å². The Hall–Kier alpha value is -1.65. The van der Waals surface area contributed by atoms with Crippen molar-refractivity contribution < 1.29 is 0 Å². The largest absolute Gasteiger partial charge is 0.375 e. The van der Waals surface area contributed by atoms with E-state index in [1.54, 1.807) is 11.3 Å². The number of hydrogen-bond acceptors (Lipinski definition) is 4. The summed E-state index contributed by atoms with van der Waals surface area (Å²) in [5.41, 5.74) is 8.18. The van der Waals surface area contributed by atoms with Gasteiger partial charge in [0.25, 0.3) is 0 Å². The average molecular weight is 299 g/mol. The molecule has 0 saturated carbocycles. The second-order valence-electron chi connectivity index (χ2n) is 5.52. The monoisotopic (exact) mass is 299 g/mol. The third kappa shape index (κ3) is 3.93. The van der Waals surface area contributed by atoms with Gasteiger partial charge in [-0.15, -0.1) is 11.3 Å². The summed E-state index contributed by atoms with van der Waals surface area (Å²) in [5, 5.41) is 2.80. The summed E-state index contributed by atoms with van der Waals surface area (Å²) < 4.78 is 0. The van der Waals surface area contributed by atoms with E-state index < -0.39 is 0 Å². The molecule has 3 nitrogen and oxygen atoms in total.